The van der Waals surface area contributed by atoms with Crippen molar-refractivity contribution < 1.29 is 19.0 Å². The molecule has 2 aliphatic rings. The van der Waals surface area contributed by atoms with Crippen LogP contribution in [0.4, 0.5) is 0 Å². The summed E-state index contributed by atoms with van der Waals surface area (Å²) in [6.45, 7) is 2.98. The van der Waals surface area contributed by atoms with Crippen LogP contribution in [-0.2, 0) is 32.2 Å². The van der Waals surface area contributed by atoms with E-state index >= 15 is 0 Å². The summed E-state index contributed by atoms with van der Waals surface area (Å²) in [5.74, 6) is -0.202. The van der Waals surface area contributed by atoms with E-state index in [0.29, 0.717) is 19.6 Å². The van der Waals surface area contributed by atoms with Crippen LogP contribution in [0.25, 0.3) is 0 Å². The zero-order chi connectivity index (χ0) is 18.7. The molecule has 2 aromatic rings. The lowest BCUT2D eigenvalue weighted by Gasteiger charge is -2.29. The van der Waals surface area contributed by atoms with Crippen LogP contribution >= 0.6 is 0 Å². The number of hydrogen-bond acceptors (Lipinski definition) is 4. The van der Waals surface area contributed by atoms with Crippen molar-refractivity contribution in [2.45, 2.75) is 63.1 Å². The van der Waals surface area contributed by atoms with E-state index in [1.807, 2.05) is 48.5 Å². The third-order valence-corrected chi connectivity index (χ3v) is 5.77. The maximum atomic E-state index is 12.4. The maximum absolute atomic E-state index is 12.4. The Hall–Kier alpha value is -2.17. The van der Waals surface area contributed by atoms with Crippen molar-refractivity contribution in [3.63, 3.8) is 0 Å². The van der Waals surface area contributed by atoms with Gasteiger partial charge in [-0.25, -0.2) is 0 Å². The van der Waals surface area contributed by atoms with Gasteiger partial charge in [0, 0.05) is 6.42 Å². The first-order valence-corrected chi connectivity index (χ1v) is 9.62. The van der Waals surface area contributed by atoms with Gasteiger partial charge in [-0.3, -0.25) is 4.79 Å². The minimum atomic E-state index is -0.441. The number of carbonyl (C=O) groups is 1. The first-order valence-electron chi connectivity index (χ1n) is 9.62. The van der Waals surface area contributed by atoms with E-state index in [1.54, 1.807) is 0 Å². The van der Waals surface area contributed by atoms with Crippen molar-refractivity contribution in [1.82, 2.24) is 0 Å². The molecule has 4 rings (SSSR count). The van der Waals surface area contributed by atoms with Gasteiger partial charge >= 0.3 is 5.97 Å². The van der Waals surface area contributed by atoms with Crippen LogP contribution in [0, 0.1) is 0 Å². The van der Waals surface area contributed by atoms with Gasteiger partial charge < -0.3 is 14.2 Å². The second-order valence-corrected chi connectivity index (χ2v) is 7.91. The monoisotopic (exact) mass is 366 g/mol. The molecule has 0 N–H and O–H groups in total. The molecule has 2 aliphatic heterocycles. The molecule has 0 amide bonds. The molecule has 4 nitrogen and oxygen atoms in total. The van der Waals surface area contributed by atoms with Crippen LogP contribution in [0.3, 0.4) is 0 Å². The molecule has 0 saturated carbocycles. The molecule has 142 valence electrons. The van der Waals surface area contributed by atoms with Crippen molar-refractivity contribution >= 4 is 5.97 Å². The number of benzene rings is 2. The Labute approximate surface area is 160 Å². The lowest BCUT2D eigenvalue weighted by atomic mass is 9.79. The number of fused-ring (bicyclic) bond motifs is 2. The molecule has 27 heavy (non-hydrogen) atoms. The Bertz CT molecular complexity index is 775. The third-order valence-electron chi connectivity index (χ3n) is 5.77. The molecular formula is C23H26O4. The predicted octanol–water partition coefficient (Wildman–Crippen LogP) is 4.42. The van der Waals surface area contributed by atoms with Crippen molar-refractivity contribution in [2.24, 2.45) is 0 Å². The van der Waals surface area contributed by atoms with E-state index in [0.717, 1.165) is 30.4 Å². The maximum Gasteiger partial charge on any atom is 0.309 e. The van der Waals surface area contributed by atoms with E-state index in [-0.39, 0.29) is 17.7 Å². The number of hydrogen-bond donors (Lipinski definition) is 0. The highest BCUT2D eigenvalue weighted by Gasteiger charge is 2.60. The highest BCUT2D eigenvalue weighted by Crippen LogP contribution is 2.53. The van der Waals surface area contributed by atoms with Crippen LogP contribution in [0.2, 0.25) is 0 Å². The average Bonchev–Trinajstić information content (AvgIpc) is 3.16. The Morgan fingerprint density at radius 2 is 1.63 bits per heavy atom. The van der Waals surface area contributed by atoms with Gasteiger partial charge in [0.05, 0.1) is 30.3 Å². The van der Waals surface area contributed by atoms with Crippen molar-refractivity contribution in [1.29, 1.82) is 0 Å². The molecule has 0 spiro atoms. The molecule has 2 aromatic carbocycles. The summed E-state index contributed by atoms with van der Waals surface area (Å²) in [5.41, 5.74) is 1.40. The molecule has 0 aromatic heterocycles. The fraction of sp³-hybridized carbons (Fsp3) is 0.435. The molecule has 4 heteroatoms. The lowest BCUT2D eigenvalue weighted by Crippen LogP contribution is -2.38. The molecule has 0 aliphatic carbocycles. The van der Waals surface area contributed by atoms with E-state index in [1.165, 1.54) is 0 Å². The summed E-state index contributed by atoms with van der Waals surface area (Å²) in [7, 11) is 0. The van der Waals surface area contributed by atoms with Crippen LogP contribution in [0.1, 0.15) is 43.7 Å². The third kappa shape index (κ3) is 4.07. The average molecular weight is 366 g/mol. The second kappa shape index (κ2) is 7.45. The van der Waals surface area contributed by atoms with Crippen molar-refractivity contribution in [2.75, 3.05) is 0 Å². The summed E-state index contributed by atoms with van der Waals surface area (Å²) in [6, 6.07) is 19.9. The Morgan fingerprint density at radius 1 is 1.00 bits per heavy atom. The van der Waals surface area contributed by atoms with Gasteiger partial charge in [-0.1, -0.05) is 60.7 Å². The topological polar surface area (TPSA) is 44.8 Å². The fourth-order valence-corrected chi connectivity index (χ4v) is 4.25. The van der Waals surface area contributed by atoms with Gasteiger partial charge in [0.1, 0.15) is 6.61 Å². The van der Waals surface area contributed by atoms with Gasteiger partial charge in [-0.2, -0.15) is 0 Å². The van der Waals surface area contributed by atoms with Crippen LogP contribution in [-0.4, -0.2) is 23.3 Å². The minimum absolute atomic E-state index is 0.00776. The minimum Gasteiger partial charge on any atom is -0.461 e. The van der Waals surface area contributed by atoms with Crippen molar-refractivity contribution in [3.05, 3.63) is 71.8 Å². The Kier molecular flexibility index (Phi) is 5.02. The molecule has 3 unspecified atom stereocenters. The highest BCUT2D eigenvalue weighted by molar-refractivity contribution is 5.71. The lowest BCUT2D eigenvalue weighted by molar-refractivity contribution is -0.152. The zero-order valence-electron chi connectivity index (χ0n) is 15.7. The van der Waals surface area contributed by atoms with Gasteiger partial charge in [0.2, 0.25) is 0 Å². The largest absolute Gasteiger partial charge is 0.461 e. The summed E-state index contributed by atoms with van der Waals surface area (Å²) >= 11 is 0. The summed E-state index contributed by atoms with van der Waals surface area (Å²) in [5, 5.41) is 0. The van der Waals surface area contributed by atoms with Crippen molar-refractivity contribution in [3.8, 4) is 0 Å². The van der Waals surface area contributed by atoms with Crippen LogP contribution < -0.4 is 0 Å². The molecule has 2 bridgehead atoms. The van der Waals surface area contributed by atoms with E-state index < -0.39 is 5.60 Å². The van der Waals surface area contributed by atoms with E-state index in [9.17, 15) is 4.79 Å². The quantitative estimate of drug-likeness (QED) is 0.681. The van der Waals surface area contributed by atoms with Gasteiger partial charge in [-0.05, 0) is 30.9 Å². The normalized spacial score (nSPS) is 29.0. The highest BCUT2D eigenvalue weighted by atomic mass is 16.6. The second-order valence-electron chi connectivity index (χ2n) is 7.91. The first-order chi connectivity index (χ1) is 13.1. The van der Waals surface area contributed by atoms with E-state index in [2.05, 4.69) is 19.1 Å². The number of rotatable bonds is 7. The predicted molar refractivity (Wildman–Crippen MR) is 102 cm³/mol. The van der Waals surface area contributed by atoms with Gasteiger partial charge in [0.25, 0.3) is 0 Å². The molecular weight excluding hydrogens is 340 g/mol. The fourth-order valence-electron chi connectivity index (χ4n) is 4.25. The first kappa shape index (κ1) is 18.2. The molecule has 0 radical (unpaired) electrons. The molecule has 2 heterocycles. The number of ether oxygens (including phenoxy) is 3. The Morgan fingerprint density at radius 3 is 2.30 bits per heavy atom. The number of esters is 1. The summed E-state index contributed by atoms with van der Waals surface area (Å²) in [6.07, 6.45) is 2.85. The van der Waals surface area contributed by atoms with E-state index in [4.69, 9.17) is 14.2 Å². The summed E-state index contributed by atoms with van der Waals surface area (Å²) < 4.78 is 18.0. The van der Waals surface area contributed by atoms with Crippen LogP contribution in [0.15, 0.2) is 60.7 Å². The standard InChI is InChI=1S/C23H26O4/c1-22-12-13-23(27-22,14-20(22)25-16-18-8-4-2-5-9-18)15-21(24)26-17-19-10-6-3-7-11-19/h2-11,20H,12-17H2,1H3. The smallest absolute Gasteiger partial charge is 0.309 e. The zero-order valence-corrected chi connectivity index (χ0v) is 15.7. The number of carbonyl (C=O) groups excluding carboxylic acids is 1. The molecule has 2 saturated heterocycles. The van der Waals surface area contributed by atoms with Crippen LogP contribution in [0.5, 0.6) is 0 Å². The summed E-state index contributed by atoms with van der Waals surface area (Å²) in [4.78, 5) is 12.4. The van der Waals surface area contributed by atoms with Gasteiger partial charge in [-0.15, -0.1) is 0 Å². The SMILES string of the molecule is CC12CCC(CC(=O)OCc3ccccc3)(CC1OCc1ccccc1)O2. The molecule has 2 fully saturated rings. The van der Waals surface area contributed by atoms with Gasteiger partial charge in [0.15, 0.2) is 0 Å². The molecule has 3 atom stereocenters. The Balaban J connectivity index is 1.32.